The summed E-state index contributed by atoms with van der Waals surface area (Å²) in [5.41, 5.74) is 4.23. The zero-order chi connectivity index (χ0) is 23.3. The van der Waals surface area contributed by atoms with E-state index in [2.05, 4.69) is 0 Å². The van der Waals surface area contributed by atoms with Gasteiger partial charge < -0.3 is 18.6 Å². The second-order valence-corrected chi connectivity index (χ2v) is 8.68. The summed E-state index contributed by atoms with van der Waals surface area (Å²) in [6, 6.07) is 8.50. The molecule has 1 aliphatic rings. The molecule has 2 aromatic carbocycles. The van der Waals surface area contributed by atoms with E-state index in [0.717, 1.165) is 21.9 Å². The van der Waals surface area contributed by atoms with Gasteiger partial charge in [-0.25, -0.2) is 9.18 Å². The molecule has 0 unspecified atom stereocenters. The topological polar surface area (TPSA) is 66.9 Å². The predicted molar refractivity (Wildman–Crippen MR) is 125 cm³/mol. The van der Waals surface area contributed by atoms with Gasteiger partial charge in [-0.2, -0.15) is 0 Å². The largest absolute Gasteiger partial charge is 0.463 e. The van der Waals surface area contributed by atoms with Crippen LogP contribution in [0.4, 0.5) is 10.1 Å². The zero-order valence-corrected chi connectivity index (χ0v) is 18.9. The molecule has 33 heavy (non-hydrogen) atoms. The number of aryl methyl sites for hydroxylation is 3. The van der Waals surface area contributed by atoms with Crippen molar-refractivity contribution in [1.29, 1.82) is 0 Å². The Hall–Kier alpha value is -3.61. The minimum absolute atomic E-state index is 0.0428. The molecule has 0 saturated carbocycles. The van der Waals surface area contributed by atoms with E-state index in [4.69, 9.17) is 8.83 Å². The van der Waals surface area contributed by atoms with Crippen LogP contribution in [0.1, 0.15) is 22.3 Å². The van der Waals surface area contributed by atoms with Gasteiger partial charge in [-0.1, -0.05) is 12.1 Å². The maximum absolute atomic E-state index is 14.1. The first kappa shape index (κ1) is 21.2. The van der Waals surface area contributed by atoms with E-state index in [1.54, 1.807) is 29.4 Å². The van der Waals surface area contributed by atoms with Crippen LogP contribution in [0.5, 0.6) is 0 Å². The van der Waals surface area contributed by atoms with Crippen LogP contribution in [0, 0.1) is 26.6 Å². The third-order valence-corrected chi connectivity index (χ3v) is 6.62. The summed E-state index contributed by atoms with van der Waals surface area (Å²) >= 11 is 0. The molecule has 0 spiro atoms. The molecule has 0 N–H and O–H groups in total. The third kappa shape index (κ3) is 3.57. The van der Waals surface area contributed by atoms with Crippen LogP contribution in [-0.4, -0.2) is 37.0 Å². The average Bonchev–Trinajstić information content (AvgIpc) is 3.18. The minimum Gasteiger partial charge on any atom is -0.463 e. The van der Waals surface area contributed by atoms with Crippen molar-refractivity contribution in [3.05, 3.63) is 75.1 Å². The van der Waals surface area contributed by atoms with E-state index in [-0.39, 0.29) is 18.1 Å². The number of carbonyl (C=O) groups excluding carboxylic acids is 1. The number of amides is 1. The van der Waals surface area contributed by atoms with E-state index in [0.29, 0.717) is 54.2 Å². The smallest absolute Gasteiger partial charge is 0.340 e. The lowest BCUT2D eigenvalue weighted by atomic mass is 9.98. The summed E-state index contributed by atoms with van der Waals surface area (Å²) in [5, 5.41) is 1.73. The number of furan rings is 1. The average molecular weight is 448 g/mol. The van der Waals surface area contributed by atoms with E-state index >= 15 is 0 Å². The monoisotopic (exact) mass is 448 g/mol. The molecule has 0 bridgehead atoms. The molecule has 1 saturated heterocycles. The normalized spacial score (nSPS) is 14.4. The lowest BCUT2D eigenvalue weighted by Gasteiger charge is -2.36. The van der Waals surface area contributed by atoms with Crippen molar-refractivity contribution in [1.82, 2.24) is 4.90 Å². The molecule has 5 rings (SSSR count). The zero-order valence-electron chi connectivity index (χ0n) is 18.9. The number of hydrogen-bond donors (Lipinski definition) is 0. The number of rotatable bonds is 3. The lowest BCUT2D eigenvalue weighted by Crippen LogP contribution is -2.49. The van der Waals surface area contributed by atoms with Gasteiger partial charge in [0.2, 0.25) is 5.91 Å². The molecule has 1 aliphatic heterocycles. The van der Waals surface area contributed by atoms with Gasteiger partial charge in [0, 0.05) is 31.6 Å². The molecular formula is C26H25FN2O4. The highest BCUT2D eigenvalue weighted by molar-refractivity contribution is 6.07. The standard InChI is InChI=1S/C26H25FN2O4/c1-15-12-21-24(25-23(15)16(2)14-32-25)17(3)18(26(31)33-21)13-22(30)29-10-8-28(9-11-29)20-7-5-4-6-19(20)27/h4-7,12,14H,8-11,13H2,1-3H3. The van der Waals surface area contributed by atoms with E-state index < -0.39 is 5.63 Å². The van der Waals surface area contributed by atoms with Gasteiger partial charge >= 0.3 is 5.63 Å². The molecule has 6 nitrogen and oxygen atoms in total. The SMILES string of the molecule is Cc1coc2c1c(C)cc1oc(=O)c(CC(=O)N3CCN(c4ccccc4F)CC3)c(C)c12. The Morgan fingerprint density at radius 3 is 2.48 bits per heavy atom. The van der Waals surface area contributed by atoms with Crippen molar-refractivity contribution in [2.45, 2.75) is 27.2 Å². The highest BCUT2D eigenvalue weighted by Gasteiger charge is 2.25. The molecule has 170 valence electrons. The van der Waals surface area contributed by atoms with Crippen molar-refractivity contribution >= 4 is 33.5 Å². The van der Waals surface area contributed by atoms with Crippen LogP contribution < -0.4 is 10.5 Å². The molecular weight excluding hydrogens is 423 g/mol. The third-order valence-electron chi connectivity index (χ3n) is 6.62. The van der Waals surface area contributed by atoms with Crippen LogP contribution in [0.2, 0.25) is 0 Å². The van der Waals surface area contributed by atoms with Crippen molar-refractivity contribution in [2.24, 2.45) is 0 Å². The number of hydrogen-bond acceptors (Lipinski definition) is 5. The quantitative estimate of drug-likeness (QED) is 0.432. The van der Waals surface area contributed by atoms with Gasteiger partial charge in [-0.05, 0) is 55.7 Å². The van der Waals surface area contributed by atoms with Crippen LogP contribution in [-0.2, 0) is 11.2 Å². The predicted octanol–water partition coefficient (Wildman–Crippen LogP) is 4.49. The van der Waals surface area contributed by atoms with Gasteiger partial charge in [0.15, 0.2) is 0 Å². The fraction of sp³-hybridized carbons (Fsp3) is 0.308. The first-order valence-corrected chi connectivity index (χ1v) is 11.1. The number of nitrogens with zero attached hydrogens (tertiary/aromatic N) is 2. The van der Waals surface area contributed by atoms with Crippen molar-refractivity contribution < 1.29 is 18.0 Å². The van der Waals surface area contributed by atoms with Crippen LogP contribution in [0.25, 0.3) is 21.9 Å². The van der Waals surface area contributed by atoms with Gasteiger partial charge in [0.25, 0.3) is 0 Å². The van der Waals surface area contributed by atoms with Gasteiger partial charge in [-0.3, -0.25) is 4.79 Å². The number of halogens is 1. The summed E-state index contributed by atoms with van der Waals surface area (Å²) in [7, 11) is 0. The van der Waals surface area contributed by atoms with Crippen LogP contribution >= 0.6 is 0 Å². The fourth-order valence-corrected chi connectivity index (χ4v) is 4.84. The van der Waals surface area contributed by atoms with Gasteiger partial charge in [0.1, 0.15) is 17.0 Å². The molecule has 0 atom stereocenters. The molecule has 1 fully saturated rings. The fourth-order valence-electron chi connectivity index (χ4n) is 4.84. The number of piperazine rings is 1. The first-order valence-electron chi connectivity index (χ1n) is 11.1. The highest BCUT2D eigenvalue weighted by Crippen LogP contribution is 2.34. The molecule has 1 amide bonds. The number of benzene rings is 2. The van der Waals surface area contributed by atoms with Crippen molar-refractivity contribution in [2.75, 3.05) is 31.1 Å². The summed E-state index contributed by atoms with van der Waals surface area (Å²) in [5.74, 6) is -0.409. The maximum Gasteiger partial charge on any atom is 0.340 e. The number of para-hydroxylation sites is 1. The summed E-state index contributed by atoms with van der Waals surface area (Å²) in [4.78, 5) is 29.5. The molecule has 0 aliphatic carbocycles. The Kier molecular flexibility index (Phi) is 5.19. The maximum atomic E-state index is 14.1. The Balaban J connectivity index is 1.41. The second-order valence-electron chi connectivity index (χ2n) is 8.68. The molecule has 2 aromatic heterocycles. The van der Waals surface area contributed by atoms with E-state index in [1.807, 2.05) is 31.7 Å². The summed E-state index contributed by atoms with van der Waals surface area (Å²) in [6.45, 7) is 7.76. The number of fused-ring (bicyclic) bond motifs is 3. The Morgan fingerprint density at radius 1 is 1.03 bits per heavy atom. The molecule has 0 radical (unpaired) electrons. The molecule has 4 aromatic rings. The van der Waals surface area contributed by atoms with Crippen molar-refractivity contribution in [3.63, 3.8) is 0 Å². The Labute approximate surface area is 190 Å². The molecule has 7 heteroatoms. The van der Waals surface area contributed by atoms with Crippen LogP contribution in [0.15, 0.2) is 50.2 Å². The number of carbonyl (C=O) groups is 1. The van der Waals surface area contributed by atoms with Crippen LogP contribution in [0.3, 0.4) is 0 Å². The Bertz CT molecular complexity index is 1440. The first-order chi connectivity index (χ1) is 15.8. The van der Waals surface area contributed by atoms with E-state index in [1.165, 1.54) is 6.07 Å². The highest BCUT2D eigenvalue weighted by atomic mass is 19.1. The summed E-state index contributed by atoms with van der Waals surface area (Å²) < 4.78 is 25.5. The lowest BCUT2D eigenvalue weighted by molar-refractivity contribution is -0.130. The van der Waals surface area contributed by atoms with Gasteiger partial charge in [0.05, 0.1) is 29.3 Å². The molecule has 3 heterocycles. The van der Waals surface area contributed by atoms with Crippen molar-refractivity contribution in [3.8, 4) is 0 Å². The number of anilines is 1. The second kappa shape index (κ2) is 8.06. The van der Waals surface area contributed by atoms with Gasteiger partial charge in [-0.15, -0.1) is 0 Å². The Morgan fingerprint density at radius 2 is 1.76 bits per heavy atom. The minimum atomic E-state index is -0.500. The summed E-state index contributed by atoms with van der Waals surface area (Å²) in [6.07, 6.45) is 1.65. The van der Waals surface area contributed by atoms with E-state index in [9.17, 15) is 14.0 Å².